The molecule has 2 N–H and O–H groups in total. The van der Waals surface area contributed by atoms with Crippen LogP contribution in [0.5, 0.6) is 0 Å². The van der Waals surface area contributed by atoms with Gasteiger partial charge < -0.3 is 9.64 Å². The van der Waals surface area contributed by atoms with Crippen LogP contribution in [0.2, 0.25) is 5.02 Å². The average molecular weight is 324 g/mol. The van der Waals surface area contributed by atoms with Crippen molar-refractivity contribution in [1.82, 2.24) is 4.72 Å². The summed E-state index contributed by atoms with van der Waals surface area (Å²) < 4.78 is 45.2. The number of hydrogen-bond donors (Lipinski definition) is 2. The summed E-state index contributed by atoms with van der Waals surface area (Å²) in [5.74, 6) is -0.844. The largest absolute Gasteiger partial charge is 0.370 e. The molecule has 0 bridgehead atoms. The summed E-state index contributed by atoms with van der Waals surface area (Å²) in [5, 5.41) is 0.166. The van der Waals surface area contributed by atoms with Crippen LogP contribution in [0.3, 0.4) is 0 Å². The van der Waals surface area contributed by atoms with E-state index in [0.717, 1.165) is 19.2 Å². The Morgan fingerprint density at radius 2 is 2.05 bits per heavy atom. The van der Waals surface area contributed by atoms with Gasteiger partial charge in [0.25, 0.3) is 0 Å². The molecule has 0 aliphatic carbocycles. The lowest BCUT2D eigenvalue weighted by atomic mass is 10.3. The molecule has 1 aromatic rings. The molecule has 112 valence electrons. The highest BCUT2D eigenvalue weighted by Crippen LogP contribution is 2.18. The topological polar surface area (TPSA) is 59.8 Å². The minimum Gasteiger partial charge on any atom is -0.370 e. The van der Waals surface area contributed by atoms with E-state index < -0.39 is 15.8 Å². The molecule has 8 heteroatoms. The number of morpholine rings is 1. The van der Waals surface area contributed by atoms with E-state index in [0.29, 0.717) is 19.8 Å². The SMILES string of the molecule is O=S(=O)(NCC[NH+]1CCOCC1)c1ccc(Cl)cc1F. The van der Waals surface area contributed by atoms with Crippen molar-refractivity contribution in [2.75, 3.05) is 39.4 Å². The van der Waals surface area contributed by atoms with Crippen LogP contribution in [0.15, 0.2) is 23.1 Å². The normalized spacial score (nSPS) is 17.3. The predicted octanol–water partition coefficient (Wildman–Crippen LogP) is -0.327. The maximum Gasteiger partial charge on any atom is 0.243 e. The van der Waals surface area contributed by atoms with Crippen molar-refractivity contribution < 1.29 is 22.4 Å². The molecule has 1 saturated heterocycles. The summed E-state index contributed by atoms with van der Waals surface area (Å²) in [6.07, 6.45) is 0. The van der Waals surface area contributed by atoms with Gasteiger partial charge in [-0.05, 0) is 18.2 Å². The van der Waals surface area contributed by atoms with E-state index in [1.165, 1.54) is 17.0 Å². The molecule has 1 fully saturated rings. The highest BCUT2D eigenvalue weighted by Gasteiger charge is 2.20. The first-order valence-corrected chi connectivity index (χ1v) is 8.21. The monoisotopic (exact) mass is 323 g/mol. The second kappa shape index (κ2) is 6.82. The smallest absolute Gasteiger partial charge is 0.243 e. The third-order valence-electron chi connectivity index (χ3n) is 3.15. The number of nitrogens with one attached hydrogen (secondary N) is 2. The van der Waals surface area contributed by atoms with Crippen LogP contribution >= 0.6 is 11.6 Å². The Morgan fingerprint density at radius 3 is 2.70 bits per heavy atom. The van der Waals surface area contributed by atoms with Crippen LogP contribution in [0.25, 0.3) is 0 Å². The van der Waals surface area contributed by atoms with Crippen molar-refractivity contribution in [1.29, 1.82) is 0 Å². The maximum atomic E-state index is 13.6. The number of benzene rings is 1. The molecule has 0 saturated carbocycles. The van der Waals surface area contributed by atoms with Gasteiger partial charge in [-0.25, -0.2) is 17.5 Å². The fraction of sp³-hybridized carbons (Fsp3) is 0.500. The van der Waals surface area contributed by atoms with Crippen LogP contribution in [0.1, 0.15) is 0 Å². The molecule has 1 aromatic carbocycles. The average Bonchev–Trinajstić information content (AvgIpc) is 2.39. The Morgan fingerprint density at radius 1 is 1.35 bits per heavy atom. The van der Waals surface area contributed by atoms with Crippen LogP contribution in [0, 0.1) is 5.82 Å². The second-order valence-electron chi connectivity index (χ2n) is 4.58. The van der Waals surface area contributed by atoms with Gasteiger partial charge in [0, 0.05) is 5.02 Å². The Balaban J connectivity index is 1.93. The number of hydrogen-bond acceptors (Lipinski definition) is 3. The van der Waals surface area contributed by atoms with Crippen molar-refractivity contribution in [3.63, 3.8) is 0 Å². The summed E-state index contributed by atoms with van der Waals surface area (Å²) in [7, 11) is -3.84. The summed E-state index contributed by atoms with van der Waals surface area (Å²) in [6.45, 7) is 4.01. The zero-order valence-corrected chi connectivity index (χ0v) is 12.4. The van der Waals surface area contributed by atoms with Crippen molar-refractivity contribution in [3.8, 4) is 0 Å². The molecule has 20 heavy (non-hydrogen) atoms. The molecule has 0 spiro atoms. The Bertz CT molecular complexity index is 562. The minimum absolute atomic E-state index is 0.166. The van der Waals surface area contributed by atoms with E-state index in [1.807, 2.05) is 0 Å². The van der Waals surface area contributed by atoms with Gasteiger partial charge in [0.15, 0.2) is 0 Å². The number of quaternary nitrogens is 1. The van der Waals surface area contributed by atoms with Gasteiger partial charge in [-0.3, -0.25) is 0 Å². The van der Waals surface area contributed by atoms with Crippen LogP contribution in [0.4, 0.5) is 4.39 Å². The molecular weight excluding hydrogens is 307 g/mol. The van der Waals surface area contributed by atoms with E-state index in [9.17, 15) is 12.8 Å². The third kappa shape index (κ3) is 4.13. The van der Waals surface area contributed by atoms with E-state index in [4.69, 9.17) is 16.3 Å². The zero-order valence-electron chi connectivity index (χ0n) is 10.9. The van der Waals surface area contributed by atoms with E-state index >= 15 is 0 Å². The molecule has 5 nitrogen and oxygen atoms in total. The second-order valence-corrected chi connectivity index (χ2v) is 6.76. The van der Waals surface area contributed by atoms with Gasteiger partial charge in [0.2, 0.25) is 10.0 Å². The molecule has 2 rings (SSSR count). The predicted molar refractivity (Wildman–Crippen MR) is 73.0 cm³/mol. The standard InChI is InChI=1S/C12H16ClFN2O3S/c13-10-1-2-12(11(14)9-10)20(17,18)15-3-4-16-5-7-19-8-6-16/h1-2,9,15H,3-8H2/p+1. The Labute approximate surface area is 122 Å². The molecule has 0 atom stereocenters. The fourth-order valence-corrected chi connectivity index (χ4v) is 3.29. The van der Waals surface area contributed by atoms with Gasteiger partial charge in [-0.1, -0.05) is 11.6 Å². The van der Waals surface area contributed by atoms with Crippen LogP contribution in [-0.2, 0) is 14.8 Å². The number of halogens is 2. The van der Waals surface area contributed by atoms with Crippen LogP contribution in [-0.4, -0.2) is 47.8 Å². The summed E-state index contributed by atoms with van der Waals surface area (Å²) in [4.78, 5) is 0.898. The Hall–Kier alpha value is -0.730. The van der Waals surface area contributed by atoms with Crippen LogP contribution < -0.4 is 9.62 Å². The van der Waals surface area contributed by atoms with E-state index in [-0.39, 0.29) is 16.5 Å². The zero-order chi connectivity index (χ0) is 14.6. The first-order valence-electron chi connectivity index (χ1n) is 6.35. The Kier molecular flexibility index (Phi) is 5.34. The number of sulfonamides is 1. The number of ether oxygens (including phenoxy) is 1. The summed E-state index contributed by atoms with van der Waals surface area (Å²) in [5.41, 5.74) is 0. The maximum absolute atomic E-state index is 13.6. The minimum atomic E-state index is -3.84. The lowest BCUT2D eigenvalue weighted by Crippen LogP contribution is -3.14. The molecule has 0 radical (unpaired) electrons. The van der Waals surface area contributed by atoms with Gasteiger partial charge in [-0.2, -0.15) is 0 Å². The molecule has 0 amide bonds. The van der Waals surface area contributed by atoms with E-state index in [1.54, 1.807) is 0 Å². The molecule has 1 aliphatic heterocycles. The number of rotatable bonds is 5. The van der Waals surface area contributed by atoms with Crippen molar-refractivity contribution in [3.05, 3.63) is 29.0 Å². The van der Waals surface area contributed by atoms with Crippen molar-refractivity contribution in [2.24, 2.45) is 0 Å². The highest BCUT2D eigenvalue weighted by atomic mass is 35.5. The fourth-order valence-electron chi connectivity index (χ4n) is 2.04. The van der Waals surface area contributed by atoms with Gasteiger partial charge >= 0.3 is 0 Å². The quantitative estimate of drug-likeness (QED) is 0.780. The lowest BCUT2D eigenvalue weighted by molar-refractivity contribution is -0.906. The molecule has 1 heterocycles. The first-order chi connectivity index (χ1) is 9.49. The molecule has 1 aliphatic rings. The first kappa shape index (κ1) is 15.7. The van der Waals surface area contributed by atoms with E-state index in [2.05, 4.69) is 4.72 Å². The van der Waals surface area contributed by atoms with Crippen molar-refractivity contribution in [2.45, 2.75) is 4.90 Å². The summed E-state index contributed by atoms with van der Waals surface area (Å²) in [6, 6.07) is 3.51. The molecule has 0 aromatic heterocycles. The van der Waals surface area contributed by atoms with Crippen molar-refractivity contribution >= 4 is 21.6 Å². The highest BCUT2D eigenvalue weighted by molar-refractivity contribution is 7.89. The molecular formula is C12H17ClFN2O3S+. The molecule has 0 unspecified atom stereocenters. The van der Waals surface area contributed by atoms with Gasteiger partial charge in [0.05, 0.1) is 26.3 Å². The lowest BCUT2D eigenvalue weighted by Gasteiger charge is -2.23. The van der Waals surface area contributed by atoms with Gasteiger partial charge in [-0.15, -0.1) is 0 Å². The third-order valence-corrected chi connectivity index (χ3v) is 4.88. The summed E-state index contributed by atoms with van der Waals surface area (Å²) >= 11 is 5.60. The van der Waals surface area contributed by atoms with Gasteiger partial charge in [0.1, 0.15) is 23.8 Å².